The standard InChI is InChI=1S/C13H20N2O2/c1-3-14-9-11-5-7-12(8-6-11)17-10-13(16)15-4-2/h5-8,14H,3-4,9-10H2,1-2H3,(H,15,16). The lowest BCUT2D eigenvalue weighted by atomic mass is 10.2. The van der Waals surface area contributed by atoms with Crippen molar-refractivity contribution in [2.75, 3.05) is 19.7 Å². The lowest BCUT2D eigenvalue weighted by molar-refractivity contribution is -0.122. The number of carbonyl (C=O) groups excluding carboxylic acids is 1. The molecule has 94 valence electrons. The summed E-state index contributed by atoms with van der Waals surface area (Å²) in [5, 5.41) is 5.93. The van der Waals surface area contributed by atoms with Crippen molar-refractivity contribution in [3.63, 3.8) is 0 Å². The largest absolute Gasteiger partial charge is 0.484 e. The number of rotatable bonds is 7. The summed E-state index contributed by atoms with van der Waals surface area (Å²) in [4.78, 5) is 11.2. The first-order valence-corrected chi connectivity index (χ1v) is 5.95. The van der Waals surface area contributed by atoms with Gasteiger partial charge in [-0.2, -0.15) is 0 Å². The van der Waals surface area contributed by atoms with Gasteiger partial charge in [0.2, 0.25) is 0 Å². The molecule has 4 heteroatoms. The fourth-order valence-corrected chi connectivity index (χ4v) is 1.37. The molecule has 0 saturated carbocycles. The lowest BCUT2D eigenvalue weighted by Gasteiger charge is -2.07. The van der Waals surface area contributed by atoms with Crippen LogP contribution in [0.2, 0.25) is 0 Å². The summed E-state index contributed by atoms with van der Waals surface area (Å²) in [6.45, 7) is 6.46. The van der Waals surface area contributed by atoms with Crippen LogP contribution in [-0.4, -0.2) is 25.6 Å². The number of likely N-dealkylation sites (N-methyl/N-ethyl adjacent to an activating group) is 1. The second-order valence-electron chi connectivity index (χ2n) is 3.67. The van der Waals surface area contributed by atoms with Crippen LogP contribution in [0.15, 0.2) is 24.3 Å². The second-order valence-corrected chi connectivity index (χ2v) is 3.67. The molecule has 0 aliphatic rings. The van der Waals surface area contributed by atoms with Crippen LogP contribution in [0.3, 0.4) is 0 Å². The van der Waals surface area contributed by atoms with Gasteiger partial charge < -0.3 is 15.4 Å². The number of hydrogen-bond acceptors (Lipinski definition) is 3. The third-order valence-corrected chi connectivity index (χ3v) is 2.25. The van der Waals surface area contributed by atoms with Crippen molar-refractivity contribution in [1.29, 1.82) is 0 Å². The van der Waals surface area contributed by atoms with E-state index in [1.54, 1.807) is 0 Å². The third kappa shape index (κ3) is 5.36. The Morgan fingerprint density at radius 3 is 2.47 bits per heavy atom. The Hall–Kier alpha value is -1.55. The highest BCUT2D eigenvalue weighted by Gasteiger charge is 2.00. The van der Waals surface area contributed by atoms with Crippen LogP contribution >= 0.6 is 0 Å². The third-order valence-electron chi connectivity index (χ3n) is 2.25. The quantitative estimate of drug-likeness (QED) is 0.750. The highest BCUT2D eigenvalue weighted by molar-refractivity contribution is 5.77. The summed E-state index contributed by atoms with van der Waals surface area (Å²) in [5.41, 5.74) is 1.21. The Kier molecular flexibility index (Phi) is 6.10. The van der Waals surface area contributed by atoms with Crippen LogP contribution in [0, 0.1) is 0 Å². The van der Waals surface area contributed by atoms with Crippen molar-refractivity contribution in [2.45, 2.75) is 20.4 Å². The molecule has 1 rings (SSSR count). The molecule has 0 heterocycles. The van der Waals surface area contributed by atoms with E-state index in [0.717, 1.165) is 18.8 Å². The van der Waals surface area contributed by atoms with Crippen molar-refractivity contribution < 1.29 is 9.53 Å². The van der Waals surface area contributed by atoms with E-state index in [0.29, 0.717) is 6.54 Å². The number of nitrogens with one attached hydrogen (secondary N) is 2. The van der Waals surface area contributed by atoms with Gasteiger partial charge in [-0.1, -0.05) is 19.1 Å². The minimum absolute atomic E-state index is 0.0698. The number of ether oxygens (including phenoxy) is 1. The molecular formula is C13H20N2O2. The van der Waals surface area contributed by atoms with Gasteiger partial charge in [0.25, 0.3) is 5.91 Å². The first-order valence-electron chi connectivity index (χ1n) is 5.95. The molecular weight excluding hydrogens is 216 g/mol. The smallest absolute Gasteiger partial charge is 0.257 e. The zero-order valence-corrected chi connectivity index (χ0v) is 10.5. The maximum absolute atomic E-state index is 11.2. The molecule has 0 bridgehead atoms. The lowest BCUT2D eigenvalue weighted by Crippen LogP contribution is -2.28. The zero-order chi connectivity index (χ0) is 12.5. The van der Waals surface area contributed by atoms with E-state index in [2.05, 4.69) is 17.6 Å². The normalized spacial score (nSPS) is 10.0. The first-order chi connectivity index (χ1) is 8.26. The summed E-state index contributed by atoms with van der Waals surface area (Å²) < 4.78 is 5.35. The van der Waals surface area contributed by atoms with Crippen LogP contribution in [-0.2, 0) is 11.3 Å². The molecule has 0 atom stereocenters. The molecule has 1 aromatic carbocycles. The van der Waals surface area contributed by atoms with Gasteiger partial charge in [-0.05, 0) is 31.2 Å². The number of amides is 1. The van der Waals surface area contributed by atoms with E-state index >= 15 is 0 Å². The SMILES string of the molecule is CCNCc1ccc(OCC(=O)NCC)cc1. The average molecular weight is 236 g/mol. The zero-order valence-electron chi connectivity index (χ0n) is 10.5. The van der Waals surface area contributed by atoms with Gasteiger partial charge in [0.15, 0.2) is 6.61 Å². The molecule has 0 aromatic heterocycles. The van der Waals surface area contributed by atoms with Crippen LogP contribution in [0.25, 0.3) is 0 Å². The maximum atomic E-state index is 11.2. The number of hydrogen-bond donors (Lipinski definition) is 2. The van der Waals surface area contributed by atoms with Gasteiger partial charge in [-0.3, -0.25) is 4.79 Å². The fourth-order valence-electron chi connectivity index (χ4n) is 1.37. The number of benzene rings is 1. The van der Waals surface area contributed by atoms with E-state index in [1.165, 1.54) is 5.56 Å². The molecule has 0 fully saturated rings. The predicted molar refractivity (Wildman–Crippen MR) is 68.0 cm³/mol. The van der Waals surface area contributed by atoms with Gasteiger partial charge in [-0.25, -0.2) is 0 Å². The van der Waals surface area contributed by atoms with E-state index in [4.69, 9.17) is 4.74 Å². The summed E-state index contributed by atoms with van der Waals surface area (Å²) in [6, 6.07) is 7.75. The molecule has 0 saturated heterocycles. The van der Waals surface area contributed by atoms with Crippen LogP contribution in [0.4, 0.5) is 0 Å². The molecule has 1 amide bonds. The van der Waals surface area contributed by atoms with Crippen molar-refractivity contribution in [3.8, 4) is 5.75 Å². The molecule has 4 nitrogen and oxygen atoms in total. The topological polar surface area (TPSA) is 50.4 Å². The van der Waals surface area contributed by atoms with E-state index in [9.17, 15) is 4.79 Å². The van der Waals surface area contributed by atoms with E-state index in [1.807, 2.05) is 31.2 Å². The van der Waals surface area contributed by atoms with Gasteiger partial charge in [-0.15, -0.1) is 0 Å². The Bertz CT molecular complexity index is 336. The second kappa shape index (κ2) is 7.68. The fraction of sp³-hybridized carbons (Fsp3) is 0.462. The minimum atomic E-state index is -0.0933. The Balaban J connectivity index is 2.37. The van der Waals surface area contributed by atoms with Gasteiger partial charge in [0, 0.05) is 13.1 Å². The van der Waals surface area contributed by atoms with Crippen LogP contribution in [0.5, 0.6) is 5.75 Å². The first kappa shape index (κ1) is 13.5. The minimum Gasteiger partial charge on any atom is -0.484 e. The molecule has 0 unspecified atom stereocenters. The Morgan fingerprint density at radius 1 is 1.18 bits per heavy atom. The summed E-state index contributed by atoms with van der Waals surface area (Å²) >= 11 is 0. The highest BCUT2D eigenvalue weighted by Crippen LogP contribution is 2.11. The average Bonchev–Trinajstić information content (AvgIpc) is 2.35. The van der Waals surface area contributed by atoms with Gasteiger partial charge in [0.1, 0.15) is 5.75 Å². The van der Waals surface area contributed by atoms with Crippen LogP contribution in [0.1, 0.15) is 19.4 Å². The number of carbonyl (C=O) groups is 1. The van der Waals surface area contributed by atoms with Crippen LogP contribution < -0.4 is 15.4 Å². The molecule has 1 aromatic rings. The van der Waals surface area contributed by atoms with Crippen molar-refractivity contribution >= 4 is 5.91 Å². The molecule has 2 N–H and O–H groups in total. The van der Waals surface area contributed by atoms with Crippen molar-refractivity contribution in [3.05, 3.63) is 29.8 Å². The van der Waals surface area contributed by atoms with E-state index < -0.39 is 0 Å². The maximum Gasteiger partial charge on any atom is 0.257 e. The Morgan fingerprint density at radius 2 is 1.88 bits per heavy atom. The molecule has 0 radical (unpaired) electrons. The summed E-state index contributed by atoms with van der Waals surface area (Å²) in [6.07, 6.45) is 0. The Labute approximate surface area is 102 Å². The van der Waals surface area contributed by atoms with E-state index in [-0.39, 0.29) is 12.5 Å². The monoisotopic (exact) mass is 236 g/mol. The van der Waals surface area contributed by atoms with Gasteiger partial charge in [0.05, 0.1) is 0 Å². The predicted octanol–water partition coefficient (Wildman–Crippen LogP) is 1.31. The summed E-state index contributed by atoms with van der Waals surface area (Å²) in [7, 11) is 0. The molecule has 0 aliphatic heterocycles. The molecule has 0 aliphatic carbocycles. The van der Waals surface area contributed by atoms with Gasteiger partial charge >= 0.3 is 0 Å². The molecule has 0 spiro atoms. The van der Waals surface area contributed by atoms with Crippen molar-refractivity contribution in [2.24, 2.45) is 0 Å². The van der Waals surface area contributed by atoms with Crippen molar-refractivity contribution in [1.82, 2.24) is 10.6 Å². The highest BCUT2D eigenvalue weighted by atomic mass is 16.5. The molecule has 17 heavy (non-hydrogen) atoms. The summed E-state index contributed by atoms with van der Waals surface area (Å²) in [5.74, 6) is 0.626.